The molecule has 0 aromatic carbocycles. The van der Waals surface area contributed by atoms with Gasteiger partial charge in [0.25, 0.3) is 0 Å². The van der Waals surface area contributed by atoms with Gasteiger partial charge in [0.1, 0.15) is 0 Å². The normalized spacial score (nSPS) is 12.4. The summed E-state index contributed by atoms with van der Waals surface area (Å²) in [6.07, 6.45) is 7.59. The highest BCUT2D eigenvalue weighted by Gasteiger charge is 2.18. The van der Waals surface area contributed by atoms with Gasteiger partial charge in [-0.05, 0) is 24.7 Å². The maximum absolute atomic E-state index is 11.9. The van der Waals surface area contributed by atoms with Crippen LogP contribution >= 0.6 is 0 Å². The van der Waals surface area contributed by atoms with E-state index < -0.39 is 43.5 Å². The summed E-state index contributed by atoms with van der Waals surface area (Å²) in [5.74, 6) is -2.43. The standard InChI is InChI=1S/C25H42O8/c1-6-10-12-20(8-3)15-30-23(27)17-32-22(26)14-19(5)25(29)33-18-24(28)31-16-21(9-4)13-11-7-2/h20-21H,5-18H2,1-4H3. The first-order valence-electron chi connectivity index (χ1n) is 12.1. The van der Waals surface area contributed by atoms with Gasteiger partial charge in [0.05, 0.1) is 19.6 Å². The van der Waals surface area contributed by atoms with E-state index in [0.29, 0.717) is 6.61 Å². The summed E-state index contributed by atoms with van der Waals surface area (Å²) in [5.41, 5.74) is -0.179. The topological polar surface area (TPSA) is 105 Å². The third kappa shape index (κ3) is 16.0. The first kappa shape index (κ1) is 30.6. The van der Waals surface area contributed by atoms with Crippen LogP contribution in [0.25, 0.3) is 0 Å². The van der Waals surface area contributed by atoms with Crippen molar-refractivity contribution in [2.75, 3.05) is 26.4 Å². The van der Waals surface area contributed by atoms with E-state index in [9.17, 15) is 19.2 Å². The Morgan fingerprint density at radius 1 is 0.667 bits per heavy atom. The van der Waals surface area contributed by atoms with Crippen molar-refractivity contribution in [3.05, 3.63) is 12.2 Å². The van der Waals surface area contributed by atoms with E-state index in [1.54, 1.807) is 0 Å². The van der Waals surface area contributed by atoms with Gasteiger partial charge < -0.3 is 18.9 Å². The SMILES string of the molecule is C=C(CC(=O)OCC(=O)OCC(CC)CCCC)C(=O)OCC(=O)OCC(CC)CCCC. The summed E-state index contributed by atoms with van der Waals surface area (Å²) in [7, 11) is 0. The first-order chi connectivity index (χ1) is 15.8. The number of carbonyl (C=O) groups excluding carboxylic acids is 4. The van der Waals surface area contributed by atoms with Crippen molar-refractivity contribution in [2.45, 2.75) is 85.5 Å². The lowest BCUT2D eigenvalue weighted by molar-refractivity contribution is -0.160. The number of hydrogen-bond acceptors (Lipinski definition) is 8. The van der Waals surface area contributed by atoms with E-state index in [1.165, 1.54) is 0 Å². The predicted octanol–water partition coefficient (Wildman–Crippen LogP) is 4.54. The molecular formula is C25H42O8. The average Bonchev–Trinajstić information content (AvgIpc) is 2.81. The lowest BCUT2D eigenvalue weighted by Gasteiger charge is -2.15. The van der Waals surface area contributed by atoms with Crippen molar-refractivity contribution < 1.29 is 38.1 Å². The smallest absolute Gasteiger partial charge is 0.344 e. The zero-order valence-electron chi connectivity index (χ0n) is 20.8. The minimum atomic E-state index is -0.897. The lowest BCUT2D eigenvalue weighted by atomic mass is 10.0. The zero-order chi connectivity index (χ0) is 25.1. The van der Waals surface area contributed by atoms with Crippen LogP contribution in [0.15, 0.2) is 12.2 Å². The minimum Gasteiger partial charge on any atom is -0.463 e. The Morgan fingerprint density at radius 2 is 1.12 bits per heavy atom. The second kappa shape index (κ2) is 19.1. The zero-order valence-corrected chi connectivity index (χ0v) is 20.8. The molecular weight excluding hydrogens is 428 g/mol. The van der Waals surface area contributed by atoms with Crippen LogP contribution in [0.4, 0.5) is 0 Å². The van der Waals surface area contributed by atoms with E-state index in [2.05, 4.69) is 20.4 Å². The molecule has 0 amide bonds. The fourth-order valence-corrected chi connectivity index (χ4v) is 2.96. The first-order valence-corrected chi connectivity index (χ1v) is 12.1. The summed E-state index contributed by atoms with van der Waals surface area (Å²) >= 11 is 0. The van der Waals surface area contributed by atoms with Crippen molar-refractivity contribution in [1.29, 1.82) is 0 Å². The monoisotopic (exact) mass is 470 g/mol. The molecule has 0 N–H and O–H groups in total. The van der Waals surface area contributed by atoms with E-state index >= 15 is 0 Å². The summed E-state index contributed by atoms with van der Waals surface area (Å²) in [6, 6.07) is 0. The minimum absolute atomic E-state index is 0.179. The van der Waals surface area contributed by atoms with Crippen LogP contribution in [0, 0.1) is 11.8 Å². The molecule has 0 fully saturated rings. The molecule has 0 saturated carbocycles. The van der Waals surface area contributed by atoms with Gasteiger partial charge in [-0.3, -0.25) is 4.79 Å². The summed E-state index contributed by atoms with van der Waals surface area (Å²) < 4.78 is 20.0. The van der Waals surface area contributed by atoms with Crippen molar-refractivity contribution in [3.63, 3.8) is 0 Å². The van der Waals surface area contributed by atoms with Gasteiger partial charge in [0.15, 0.2) is 13.2 Å². The lowest BCUT2D eigenvalue weighted by Crippen LogP contribution is -2.22. The maximum Gasteiger partial charge on any atom is 0.344 e. The maximum atomic E-state index is 11.9. The number of esters is 4. The van der Waals surface area contributed by atoms with Crippen molar-refractivity contribution in [2.24, 2.45) is 11.8 Å². The van der Waals surface area contributed by atoms with Gasteiger partial charge in [0, 0.05) is 5.57 Å². The average molecular weight is 471 g/mol. The van der Waals surface area contributed by atoms with Gasteiger partial charge >= 0.3 is 23.9 Å². The number of hydrogen-bond donors (Lipinski definition) is 0. The van der Waals surface area contributed by atoms with Gasteiger partial charge in [-0.25, -0.2) is 14.4 Å². The van der Waals surface area contributed by atoms with Crippen LogP contribution in [0.1, 0.15) is 85.5 Å². The molecule has 0 heterocycles. The Kier molecular flexibility index (Phi) is 17.7. The van der Waals surface area contributed by atoms with Gasteiger partial charge in [-0.15, -0.1) is 0 Å². The second-order valence-corrected chi connectivity index (χ2v) is 8.22. The molecule has 0 saturated heterocycles. The number of ether oxygens (including phenoxy) is 4. The fraction of sp³-hybridized carbons (Fsp3) is 0.760. The molecule has 8 nitrogen and oxygen atoms in total. The second-order valence-electron chi connectivity index (χ2n) is 8.22. The van der Waals surface area contributed by atoms with Crippen molar-refractivity contribution in [3.8, 4) is 0 Å². The molecule has 2 atom stereocenters. The Bertz CT molecular complexity index is 614. The number of unbranched alkanes of at least 4 members (excludes halogenated alkanes) is 2. The molecule has 2 unspecified atom stereocenters. The highest BCUT2D eigenvalue weighted by atomic mass is 16.6. The molecule has 190 valence electrons. The summed E-state index contributed by atoms with van der Waals surface area (Å²) in [5, 5.41) is 0. The summed E-state index contributed by atoms with van der Waals surface area (Å²) in [4.78, 5) is 47.3. The third-order valence-electron chi connectivity index (χ3n) is 5.37. The van der Waals surface area contributed by atoms with Crippen LogP contribution < -0.4 is 0 Å². The van der Waals surface area contributed by atoms with Gasteiger partial charge in [-0.1, -0.05) is 72.8 Å². The Labute approximate surface area is 198 Å². The van der Waals surface area contributed by atoms with Gasteiger partial charge in [0.2, 0.25) is 0 Å². The molecule has 0 aromatic rings. The van der Waals surface area contributed by atoms with Crippen LogP contribution in [0.5, 0.6) is 0 Å². The molecule has 0 aliphatic heterocycles. The quantitative estimate of drug-likeness (QED) is 0.154. The molecule has 0 aliphatic rings. The highest BCUT2D eigenvalue weighted by molar-refractivity contribution is 5.94. The number of carbonyl (C=O) groups is 4. The van der Waals surface area contributed by atoms with Gasteiger partial charge in [-0.2, -0.15) is 0 Å². The molecule has 0 spiro atoms. The van der Waals surface area contributed by atoms with Crippen LogP contribution in [-0.4, -0.2) is 50.3 Å². The van der Waals surface area contributed by atoms with E-state index in [-0.39, 0.29) is 24.0 Å². The molecule has 0 bridgehead atoms. The Morgan fingerprint density at radius 3 is 1.55 bits per heavy atom. The predicted molar refractivity (Wildman–Crippen MR) is 124 cm³/mol. The Hall–Kier alpha value is -2.38. The van der Waals surface area contributed by atoms with Crippen LogP contribution in [-0.2, 0) is 38.1 Å². The Balaban J connectivity index is 4.13. The molecule has 0 aliphatic carbocycles. The molecule has 0 aromatic heterocycles. The third-order valence-corrected chi connectivity index (χ3v) is 5.37. The molecule has 0 rings (SSSR count). The van der Waals surface area contributed by atoms with Crippen molar-refractivity contribution >= 4 is 23.9 Å². The largest absolute Gasteiger partial charge is 0.463 e. The van der Waals surface area contributed by atoms with Crippen LogP contribution in [0.2, 0.25) is 0 Å². The number of rotatable bonds is 19. The molecule has 0 radical (unpaired) electrons. The fourth-order valence-electron chi connectivity index (χ4n) is 2.96. The summed E-state index contributed by atoms with van der Waals surface area (Å²) in [6.45, 7) is 11.2. The van der Waals surface area contributed by atoms with E-state index in [4.69, 9.17) is 18.9 Å². The molecule has 8 heteroatoms. The van der Waals surface area contributed by atoms with E-state index in [1.807, 2.05) is 13.8 Å². The van der Waals surface area contributed by atoms with Crippen molar-refractivity contribution in [1.82, 2.24) is 0 Å². The molecule has 33 heavy (non-hydrogen) atoms. The van der Waals surface area contributed by atoms with E-state index in [0.717, 1.165) is 51.4 Å². The highest BCUT2D eigenvalue weighted by Crippen LogP contribution is 2.14. The van der Waals surface area contributed by atoms with Crippen LogP contribution in [0.3, 0.4) is 0 Å².